The summed E-state index contributed by atoms with van der Waals surface area (Å²) in [4.78, 5) is 23.6. The SMILES string of the molecule is O=C(COC(=O)c1c(Cl)cccc1Cl)Nc1cccc(Cl)c1. The Bertz CT molecular complexity index is 699. The summed E-state index contributed by atoms with van der Waals surface area (Å²) in [5.41, 5.74) is 0.533. The molecule has 0 heterocycles. The quantitative estimate of drug-likeness (QED) is 0.822. The molecule has 4 nitrogen and oxygen atoms in total. The van der Waals surface area contributed by atoms with E-state index in [-0.39, 0.29) is 15.6 Å². The van der Waals surface area contributed by atoms with Gasteiger partial charge >= 0.3 is 5.97 Å². The lowest BCUT2D eigenvalue weighted by molar-refractivity contribution is -0.119. The Kier molecular flexibility index (Phi) is 5.66. The van der Waals surface area contributed by atoms with Crippen LogP contribution in [0.4, 0.5) is 5.69 Å². The highest BCUT2D eigenvalue weighted by Crippen LogP contribution is 2.24. The second-order valence-electron chi connectivity index (χ2n) is 4.23. The molecule has 0 aliphatic rings. The van der Waals surface area contributed by atoms with Gasteiger partial charge in [-0.25, -0.2) is 4.79 Å². The first-order valence-corrected chi connectivity index (χ1v) is 7.27. The highest BCUT2D eigenvalue weighted by Gasteiger charge is 2.17. The minimum Gasteiger partial charge on any atom is -0.452 e. The molecule has 0 atom stereocenters. The number of amides is 1. The molecule has 114 valence electrons. The third-order valence-corrected chi connectivity index (χ3v) is 3.47. The Morgan fingerprint density at radius 2 is 1.64 bits per heavy atom. The Labute approximate surface area is 141 Å². The van der Waals surface area contributed by atoms with Gasteiger partial charge in [0.05, 0.1) is 15.6 Å². The maximum atomic E-state index is 11.9. The standard InChI is InChI=1S/C15H10Cl3NO3/c16-9-3-1-4-10(7-9)19-13(20)8-22-15(21)14-11(17)5-2-6-12(14)18/h1-7H,8H2,(H,19,20). The lowest BCUT2D eigenvalue weighted by Crippen LogP contribution is -2.21. The van der Waals surface area contributed by atoms with Crippen molar-refractivity contribution in [3.63, 3.8) is 0 Å². The normalized spacial score (nSPS) is 10.1. The average molecular weight is 359 g/mol. The van der Waals surface area contributed by atoms with Crippen molar-refractivity contribution in [1.29, 1.82) is 0 Å². The molecule has 1 amide bonds. The number of carbonyl (C=O) groups excluding carboxylic acids is 2. The zero-order chi connectivity index (χ0) is 16.1. The van der Waals surface area contributed by atoms with Crippen LogP contribution in [0.1, 0.15) is 10.4 Å². The van der Waals surface area contributed by atoms with Gasteiger partial charge in [-0.3, -0.25) is 4.79 Å². The van der Waals surface area contributed by atoms with E-state index < -0.39 is 18.5 Å². The van der Waals surface area contributed by atoms with Gasteiger partial charge in [-0.2, -0.15) is 0 Å². The lowest BCUT2D eigenvalue weighted by Gasteiger charge is -2.08. The predicted molar refractivity (Wildman–Crippen MR) is 86.8 cm³/mol. The summed E-state index contributed by atoms with van der Waals surface area (Å²) >= 11 is 17.6. The van der Waals surface area contributed by atoms with Crippen molar-refractivity contribution in [2.24, 2.45) is 0 Å². The van der Waals surface area contributed by atoms with Crippen LogP contribution >= 0.6 is 34.8 Å². The van der Waals surface area contributed by atoms with Gasteiger partial charge in [0.25, 0.3) is 5.91 Å². The highest BCUT2D eigenvalue weighted by molar-refractivity contribution is 6.39. The highest BCUT2D eigenvalue weighted by atomic mass is 35.5. The fourth-order valence-corrected chi connectivity index (χ4v) is 2.40. The monoisotopic (exact) mass is 357 g/mol. The Balaban J connectivity index is 1.95. The van der Waals surface area contributed by atoms with Crippen molar-refractivity contribution in [2.45, 2.75) is 0 Å². The molecule has 22 heavy (non-hydrogen) atoms. The fraction of sp³-hybridized carbons (Fsp3) is 0.0667. The summed E-state index contributed by atoms with van der Waals surface area (Å²) in [7, 11) is 0. The Morgan fingerprint density at radius 1 is 1.00 bits per heavy atom. The molecule has 2 rings (SSSR count). The van der Waals surface area contributed by atoms with Crippen molar-refractivity contribution in [1.82, 2.24) is 0 Å². The number of esters is 1. The van der Waals surface area contributed by atoms with E-state index in [1.807, 2.05) is 0 Å². The first-order chi connectivity index (χ1) is 10.5. The minimum atomic E-state index is -0.767. The van der Waals surface area contributed by atoms with Crippen LogP contribution in [0.5, 0.6) is 0 Å². The molecule has 2 aromatic rings. The largest absolute Gasteiger partial charge is 0.452 e. The molecule has 0 bridgehead atoms. The predicted octanol–water partition coefficient (Wildman–Crippen LogP) is 4.44. The molecule has 0 aliphatic carbocycles. The zero-order valence-corrected chi connectivity index (χ0v) is 13.4. The van der Waals surface area contributed by atoms with Crippen molar-refractivity contribution in [3.8, 4) is 0 Å². The number of carbonyl (C=O) groups is 2. The van der Waals surface area contributed by atoms with Crippen LogP contribution in [0, 0.1) is 0 Å². The molecular formula is C15H10Cl3NO3. The van der Waals surface area contributed by atoms with E-state index in [1.54, 1.807) is 30.3 Å². The van der Waals surface area contributed by atoms with Gasteiger partial charge in [0.2, 0.25) is 0 Å². The molecule has 7 heteroatoms. The van der Waals surface area contributed by atoms with Gasteiger partial charge in [-0.1, -0.05) is 46.9 Å². The van der Waals surface area contributed by atoms with Gasteiger partial charge in [-0.05, 0) is 30.3 Å². The van der Waals surface area contributed by atoms with Crippen molar-refractivity contribution in [2.75, 3.05) is 11.9 Å². The molecule has 1 N–H and O–H groups in total. The van der Waals surface area contributed by atoms with Crippen LogP contribution in [0.25, 0.3) is 0 Å². The summed E-state index contributed by atoms with van der Waals surface area (Å²) in [6, 6.07) is 11.2. The van der Waals surface area contributed by atoms with E-state index in [4.69, 9.17) is 39.5 Å². The Hall–Kier alpha value is -1.75. The molecule has 2 aromatic carbocycles. The van der Waals surface area contributed by atoms with Gasteiger partial charge in [0.1, 0.15) is 0 Å². The van der Waals surface area contributed by atoms with E-state index in [0.29, 0.717) is 10.7 Å². The van der Waals surface area contributed by atoms with E-state index in [2.05, 4.69) is 5.32 Å². The number of benzene rings is 2. The van der Waals surface area contributed by atoms with Gasteiger partial charge in [0, 0.05) is 10.7 Å². The van der Waals surface area contributed by atoms with Crippen molar-refractivity contribution < 1.29 is 14.3 Å². The smallest absolute Gasteiger partial charge is 0.341 e. The first kappa shape index (κ1) is 16.6. The van der Waals surface area contributed by atoms with Crippen LogP contribution in [-0.4, -0.2) is 18.5 Å². The van der Waals surface area contributed by atoms with E-state index in [9.17, 15) is 9.59 Å². The van der Waals surface area contributed by atoms with Crippen LogP contribution in [-0.2, 0) is 9.53 Å². The summed E-state index contributed by atoms with van der Waals surface area (Å²) in [5.74, 6) is -1.27. The third-order valence-electron chi connectivity index (χ3n) is 2.61. The van der Waals surface area contributed by atoms with E-state index in [1.165, 1.54) is 12.1 Å². The molecule has 0 aliphatic heterocycles. The zero-order valence-electron chi connectivity index (χ0n) is 11.1. The number of hydrogen-bond acceptors (Lipinski definition) is 3. The third kappa shape index (κ3) is 4.37. The molecule has 0 aromatic heterocycles. The molecule has 0 fully saturated rings. The number of anilines is 1. The summed E-state index contributed by atoms with van der Waals surface area (Å²) in [5, 5.41) is 3.36. The lowest BCUT2D eigenvalue weighted by atomic mass is 10.2. The molecule has 0 saturated heterocycles. The second kappa shape index (κ2) is 7.49. The topological polar surface area (TPSA) is 55.4 Å². The molecule has 0 unspecified atom stereocenters. The summed E-state index contributed by atoms with van der Waals surface area (Å²) in [6.45, 7) is -0.465. The molecule has 0 spiro atoms. The Morgan fingerprint density at radius 3 is 2.27 bits per heavy atom. The van der Waals surface area contributed by atoms with Crippen LogP contribution < -0.4 is 5.32 Å². The van der Waals surface area contributed by atoms with Gasteiger partial charge < -0.3 is 10.1 Å². The van der Waals surface area contributed by atoms with E-state index in [0.717, 1.165) is 0 Å². The first-order valence-electron chi connectivity index (χ1n) is 6.14. The minimum absolute atomic E-state index is 0.0291. The number of nitrogens with one attached hydrogen (secondary N) is 1. The second-order valence-corrected chi connectivity index (χ2v) is 5.48. The van der Waals surface area contributed by atoms with Crippen molar-refractivity contribution in [3.05, 3.63) is 63.1 Å². The van der Waals surface area contributed by atoms with Crippen molar-refractivity contribution >= 4 is 52.4 Å². The maximum absolute atomic E-state index is 11.9. The van der Waals surface area contributed by atoms with Crippen LogP contribution in [0.3, 0.4) is 0 Å². The maximum Gasteiger partial charge on any atom is 0.341 e. The molecule has 0 radical (unpaired) electrons. The number of rotatable bonds is 4. The average Bonchev–Trinajstić information content (AvgIpc) is 2.45. The fourth-order valence-electron chi connectivity index (χ4n) is 1.66. The summed E-state index contributed by atoms with van der Waals surface area (Å²) < 4.78 is 4.90. The van der Waals surface area contributed by atoms with Crippen LogP contribution in [0.2, 0.25) is 15.1 Å². The number of halogens is 3. The van der Waals surface area contributed by atoms with Gasteiger partial charge in [0.15, 0.2) is 6.61 Å². The molecular weight excluding hydrogens is 349 g/mol. The number of hydrogen-bond donors (Lipinski definition) is 1. The molecule has 0 saturated carbocycles. The van der Waals surface area contributed by atoms with Crippen LogP contribution in [0.15, 0.2) is 42.5 Å². The number of ether oxygens (including phenoxy) is 1. The summed E-state index contributed by atoms with van der Waals surface area (Å²) in [6.07, 6.45) is 0. The van der Waals surface area contributed by atoms with E-state index >= 15 is 0 Å². The van der Waals surface area contributed by atoms with Gasteiger partial charge in [-0.15, -0.1) is 0 Å².